The Balaban J connectivity index is 2.82. The molecule has 2 N–H and O–H groups in total. The highest BCUT2D eigenvalue weighted by molar-refractivity contribution is 6.45. The van der Waals surface area contributed by atoms with Crippen molar-refractivity contribution < 1.29 is 10.0 Å². The van der Waals surface area contributed by atoms with Crippen LogP contribution in [0.2, 0.25) is 0 Å². The number of carbonyl (C=O) groups excluding carboxylic acids is 1. The molecule has 1 amide bonds. The molecule has 0 fully saturated rings. The fourth-order valence-corrected chi connectivity index (χ4v) is 1.08. The van der Waals surface area contributed by atoms with E-state index in [-0.39, 0.29) is 5.71 Å². The lowest BCUT2D eigenvalue weighted by Crippen LogP contribution is -2.31. The quantitative estimate of drug-likeness (QED) is 0.334. The molecule has 0 aliphatic carbocycles. The largest absolute Gasteiger partial charge is 0.410 e. The average molecular weight is 204 g/mol. The van der Waals surface area contributed by atoms with Gasteiger partial charge in [-0.15, -0.1) is 6.58 Å². The second-order valence-electron chi connectivity index (χ2n) is 2.81. The zero-order valence-electron chi connectivity index (χ0n) is 8.18. The zero-order chi connectivity index (χ0) is 11.1. The summed E-state index contributed by atoms with van der Waals surface area (Å²) in [6.07, 6.45) is 1.55. The Labute approximate surface area is 87.9 Å². The Morgan fingerprint density at radius 1 is 1.47 bits per heavy atom. The van der Waals surface area contributed by atoms with Gasteiger partial charge in [0.05, 0.1) is 0 Å². The van der Waals surface area contributed by atoms with Crippen molar-refractivity contribution in [1.82, 2.24) is 5.32 Å². The van der Waals surface area contributed by atoms with Crippen LogP contribution in [0, 0.1) is 0 Å². The van der Waals surface area contributed by atoms with Gasteiger partial charge in [0.2, 0.25) is 0 Å². The standard InChI is InChI=1S/C11H12N2O2/c1-2-8-12-11(14)10(13-15)9-6-4-3-5-7-9/h2-7,15H,1,8H2,(H,12,14)/b13-10-. The van der Waals surface area contributed by atoms with Gasteiger partial charge in [-0.3, -0.25) is 4.79 Å². The molecule has 0 radical (unpaired) electrons. The second kappa shape index (κ2) is 5.59. The van der Waals surface area contributed by atoms with Crippen molar-refractivity contribution in [3.05, 3.63) is 48.6 Å². The Hall–Kier alpha value is -2.10. The molecule has 1 rings (SSSR count). The highest BCUT2D eigenvalue weighted by Gasteiger charge is 2.12. The molecule has 0 aromatic heterocycles. The summed E-state index contributed by atoms with van der Waals surface area (Å²) in [5, 5.41) is 14.3. The molecule has 0 atom stereocenters. The van der Waals surface area contributed by atoms with E-state index in [9.17, 15) is 4.79 Å². The van der Waals surface area contributed by atoms with Crippen LogP contribution in [0.1, 0.15) is 5.56 Å². The molecule has 0 aliphatic heterocycles. The van der Waals surface area contributed by atoms with E-state index in [1.165, 1.54) is 0 Å². The lowest BCUT2D eigenvalue weighted by atomic mass is 10.1. The fourth-order valence-electron chi connectivity index (χ4n) is 1.08. The Morgan fingerprint density at radius 3 is 2.67 bits per heavy atom. The van der Waals surface area contributed by atoms with Crippen LogP contribution in [0.4, 0.5) is 0 Å². The van der Waals surface area contributed by atoms with Crippen LogP contribution in [-0.2, 0) is 4.79 Å². The Kier molecular flexibility index (Phi) is 4.09. The summed E-state index contributed by atoms with van der Waals surface area (Å²) in [7, 11) is 0. The maximum Gasteiger partial charge on any atom is 0.274 e. The summed E-state index contributed by atoms with van der Waals surface area (Å²) in [4.78, 5) is 11.5. The van der Waals surface area contributed by atoms with Crippen molar-refractivity contribution in [3.8, 4) is 0 Å². The van der Waals surface area contributed by atoms with Gasteiger partial charge < -0.3 is 10.5 Å². The monoisotopic (exact) mass is 204 g/mol. The average Bonchev–Trinajstić information content (AvgIpc) is 2.29. The molecule has 1 aromatic rings. The second-order valence-corrected chi connectivity index (χ2v) is 2.81. The Morgan fingerprint density at radius 2 is 2.13 bits per heavy atom. The summed E-state index contributed by atoms with van der Waals surface area (Å²) < 4.78 is 0. The lowest BCUT2D eigenvalue weighted by molar-refractivity contribution is -0.114. The summed E-state index contributed by atoms with van der Waals surface area (Å²) >= 11 is 0. The van der Waals surface area contributed by atoms with Crippen LogP contribution in [0.3, 0.4) is 0 Å². The van der Waals surface area contributed by atoms with Gasteiger partial charge >= 0.3 is 0 Å². The van der Waals surface area contributed by atoms with Gasteiger partial charge in [0, 0.05) is 12.1 Å². The molecule has 0 saturated heterocycles. The van der Waals surface area contributed by atoms with Gasteiger partial charge in [-0.1, -0.05) is 41.6 Å². The number of nitrogens with one attached hydrogen (secondary N) is 1. The maximum absolute atomic E-state index is 11.5. The summed E-state index contributed by atoms with van der Waals surface area (Å²) in [5.74, 6) is -0.427. The van der Waals surface area contributed by atoms with E-state index in [0.717, 1.165) is 0 Å². The number of nitrogens with zero attached hydrogens (tertiary/aromatic N) is 1. The third-order valence-electron chi connectivity index (χ3n) is 1.77. The van der Waals surface area contributed by atoms with Crippen LogP contribution >= 0.6 is 0 Å². The van der Waals surface area contributed by atoms with E-state index in [2.05, 4.69) is 17.1 Å². The van der Waals surface area contributed by atoms with Gasteiger partial charge in [0.15, 0.2) is 5.71 Å². The van der Waals surface area contributed by atoms with E-state index in [1.807, 2.05) is 6.07 Å². The maximum atomic E-state index is 11.5. The molecule has 4 nitrogen and oxygen atoms in total. The molecule has 0 aliphatic rings. The molecule has 0 bridgehead atoms. The van der Waals surface area contributed by atoms with Gasteiger partial charge in [-0.25, -0.2) is 0 Å². The molecule has 0 saturated carbocycles. The number of hydrogen-bond donors (Lipinski definition) is 2. The van der Waals surface area contributed by atoms with E-state index in [0.29, 0.717) is 12.1 Å². The highest BCUT2D eigenvalue weighted by Crippen LogP contribution is 2.00. The van der Waals surface area contributed by atoms with E-state index in [4.69, 9.17) is 5.21 Å². The van der Waals surface area contributed by atoms with Crippen LogP contribution in [0.15, 0.2) is 48.1 Å². The molecule has 0 heterocycles. The molecule has 0 unspecified atom stereocenters. The van der Waals surface area contributed by atoms with E-state index < -0.39 is 5.91 Å². The number of carbonyl (C=O) groups is 1. The minimum atomic E-state index is -0.427. The lowest BCUT2D eigenvalue weighted by Gasteiger charge is -2.04. The molecule has 4 heteroatoms. The van der Waals surface area contributed by atoms with Crippen LogP contribution in [-0.4, -0.2) is 23.4 Å². The third kappa shape index (κ3) is 2.95. The number of oxime groups is 1. The smallest absolute Gasteiger partial charge is 0.274 e. The third-order valence-corrected chi connectivity index (χ3v) is 1.77. The number of amides is 1. The van der Waals surface area contributed by atoms with Crippen molar-refractivity contribution in [1.29, 1.82) is 0 Å². The van der Waals surface area contributed by atoms with Crippen LogP contribution in [0.5, 0.6) is 0 Å². The number of benzene rings is 1. The van der Waals surface area contributed by atoms with Crippen molar-refractivity contribution in [2.24, 2.45) is 5.16 Å². The highest BCUT2D eigenvalue weighted by atomic mass is 16.4. The van der Waals surface area contributed by atoms with E-state index >= 15 is 0 Å². The first-order chi connectivity index (χ1) is 7.29. The van der Waals surface area contributed by atoms with Crippen LogP contribution in [0.25, 0.3) is 0 Å². The van der Waals surface area contributed by atoms with Gasteiger partial charge in [0.1, 0.15) is 0 Å². The molecule has 1 aromatic carbocycles. The van der Waals surface area contributed by atoms with Crippen molar-refractivity contribution in [3.63, 3.8) is 0 Å². The minimum Gasteiger partial charge on any atom is -0.410 e. The Bertz CT molecular complexity index is 371. The van der Waals surface area contributed by atoms with Gasteiger partial charge in [-0.05, 0) is 0 Å². The summed E-state index contributed by atoms with van der Waals surface area (Å²) in [6, 6.07) is 8.74. The van der Waals surface area contributed by atoms with Gasteiger partial charge in [-0.2, -0.15) is 0 Å². The number of hydrogen-bond acceptors (Lipinski definition) is 3. The van der Waals surface area contributed by atoms with Crippen LogP contribution < -0.4 is 5.32 Å². The summed E-state index contributed by atoms with van der Waals surface area (Å²) in [5.41, 5.74) is 0.569. The van der Waals surface area contributed by atoms with Crippen molar-refractivity contribution in [2.45, 2.75) is 0 Å². The first kappa shape index (κ1) is 11.0. The van der Waals surface area contributed by atoms with Gasteiger partial charge in [0.25, 0.3) is 5.91 Å². The van der Waals surface area contributed by atoms with Crippen molar-refractivity contribution >= 4 is 11.6 Å². The molecular weight excluding hydrogens is 192 g/mol. The normalized spacial score (nSPS) is 10.8. The topological polar surface area (TPSA) is 61.7 Å². The first-order valence-corrected chi connectivity index (χ1v) is 4.46. The molecule has 78 valence electrons. The SMILES string of the molecule is C=CCNC(=O)/C(=N\O)c1ccccc1. The first-order valence-electron chi connectivity index (χ1n) is 4.46. The molecule has 0 spiro atoms. The number of rotatable bonds is 4. The predicted molar refractivity (Wildman–Crippen MR) is 58.0 cm³/mol. The molecular formula is C11H12N2O2. The van der Waals surface area contributed by atoms with Crippen molar-refractivity contribution in [2.75, 3.05) is 6.54 Å². The van der Waals surface area contributed by atoms with E-state index in [1.54, 1.807) is 30.3 Å². The zero-order valence-corrected chi connectivity index (χ0v) is 8.18. The fraction of sp³-hybridized carbons (Fsp3) is 0.0909. The predicted octanol–water partition coefficient (Wildman–Crippen LogP) is 1.17. The molecule has 15 heavy (non-hydrogen) atoms. The minimum absolute atomic E-state index is 0.00236. The summed E-state index contributed by atoms with van der Waals surface area (Å²) in [6.45, 7) is 3.81.